The number of nitrogens with one attached hydrogen (secondary N) is 1. The van der Waals surface area contributed by atoms with Crippen LogP contribution in [0.3, 0.4) is 0 Å². The maximum atomic E-state index is 11.0. The molecule has 2 aromatic rings. The van der Waals surface area contributed by atoms with Gasteiger partial charge in [0, 0.05) is 45.7 Å². The minimum Gasteiger partial charge on any atom is -0.309 e. The summed E-state index contributed by atoms with van der Waals surface area (Å²) in [5, 5.41) is 2.56. The van der Waals surface area contributed by atoms with Gasteiger partial charge in [0.2, 0.25) is 11.8 Å². The van der Waals surface area contributed by atoms with Gasteiger partial charge >= 0.3 is 0 Å². The summed E-state index contributed by atoms with van der Waals surface area (Å²) in [7, 11) is 1.68. The zero-order valence-electron chi connectivity index (χ0n) is 13.9. The first-order valence-electron chi connectivity index (χ1n) is 6.90. The molecule has 0 aromatic carbocycles. The van der Waals surface area contributed by atoms with E-state index in [0.717, 1.165) is 11.4 Å². The molecule has 0 saturated heterocycles. The molecule has 0 fully saturated rings. The maximum absolute atomic E-state index is 11.0. The van der Waals surface area contributed by atoms with Crippen molar-refractivity contribution < 1.29 is 9.59 Å². The Bertz CT molecular complexity index is 689. The second kappa shape index (κ2) is 8.52. The lowest BCUT2D eigenvalue weighted by Gasteiger charge is -2.14. The fourth-order valence-corrected chi connectivity index (χ4v) is 1.58. The van der Waals surface area contributed by atoms with Crippen molar-refractivity contribution in [1.82, 2.24) is 19.9 Å². The van der Waals surface area contributed by atoms with E-state index in [1.165, 1.54) is 24.9 Å². The van der Waals surface area contributed by atoms with Crippen molar-refractivity contribution in [3.05, 3.63) is 36.2 Å². The molecule has 2 amide bonds. The Hall–Kier alpha value is -2.90. The lowest BCUT2D eigenvalue weighted by Crippen LogP contribution is -2.24. The average Bonchev–Trinajstić information content (AvgIpc) is 2.49. The molecule has 0 unspecified atom stereocenters. The van der Waals surface area contributed by atoms with Gasteiger partial charge in [-0.25, -0.2) is 9.97 Å². The fourth-order valence-electron chi connectivity index (χ4n) is 1.58. The molecular weight excluding hydrogens is 296 g/mol. The number of aromatic nitrogens is 4. The number of nitrogens with zero attached hydrogens (tertiary/aromatic N) is 5. The van der Waals surface area contributed by atoms with Crippen LogP contribution in [0, 0.1) is 13.8 Å². The van der Waals surface area contributed by atoms with Crippen molar-refractivity contribution in [3.8, 4) is 0 Å². The highest BCUT2D eigenvalue weighted by Gasteiger charge is 2.09. The number of carbonyl (C=O) groups is 2. The number of anilines is 2. The van der Waals surface area contributed by atoms with E-state index >= 15 is 0 Å². The van der Waals surface area contributed by atoms with E-state index in [1.54, 1.807) is 32.6 Å². The standard InChI is InChI=1S/C8H11N3O.C7H9N3O/c1-6-8(10-5-4-9-6)11(3)7(2)12;1-5-7(10-6(2)11)9-4-3-8-5/h4-5H,1-3H3;3-4H,1-2H3,(H,9,10,11). The van der Waals surface area contributed by atoms with Crippen LogP contribution in [0.5, 0.6) is 0 Å². The molecule has 0 atom stereocenters. The number of amides is 2. The van der Waals surface area contributed by atoms with Crippen LogP contribution in [0.25, 0.3) is 0 Å². The average molecular weight is 316 g/mol. The Morgan fingerprint density at radius 2 is 1.43 bits per heavy atom. The van der Waals surface area contributed by atoms with Crippen LogP contribution in [-0.2, 0) is 9.59 Å². The molecule has 0 aliphatic heterocycles. The molecule has 1 N–H and O–H groups in total. The molecule has 0 saturated carbocycles. The topological polar surface area (TPSA) is 101 Å². The minimum absolute atomic E-state index is 0.0430. The van der Waals surface area contributed by atoms with E-state index < -0.39 is 0 Å². The Balaban J connectivity index is 0.000000231. The fraction of sp³-hybridized carbons (Fsp3) is 0.333. The number of rotatable bonds is 2. The summed E-state index contributed by atoms with van der Waals surface area (Å²) in [6.07, 6.45) is 6.30. The molecule has 2 aromatic heterocycles. The molecule has 2 rings (SSSR count). The second-order valence-corrected chi connectivity index (χ2v) is 4.71. The van der Waals surface area contributed by atoms with Crippen LogP contribution in [0.15, 0.2) is 24.8 Å². The van der Waals surface area contributed by atoms with Gasteiger partial charge in [0.25, 0.3) is 0 Å². The molecule has 0 aliphatic rings. The summed E-state index contributed by atoms with van der Waals surface area (Å²) in [6.45, 7) is 6.54. The highest BCUT2D eigenvalue weighted by atomic mass is 16.2. The monoisotopic (exact) mass is 316 g/mol. The van der Waals surface area contributed by atoms with Crippen molar-refractivity contribution in [1.29, 1.82) is 0 Å². The third-order valence-electron chi connectivity index (χ3n) is 2.82. The van der Waals surface area contributed by atoms with E-state index in [4.69, 9.17) is 0 Å². The molecule has 8 heteroatoms. The van der Waals surface area contributed by atoms with E-state index in [0.29, 0.717) is 11.6 Å². The third kappa shape index (κ3) is 5.77. The highest BCUT2D eigenvalue weighted by Crippen LogP contribution is 2.10. The van der Waals surface area contributed by atoms with Crippen molar-refractivity contribution in [2.24, 2.45) is 0 Å². The van der Waals surface area contributed by atoms with Gasteiger partial charge in [-0.2, -0.15) is 0 Å². The van der Waals surface area contributed by atoms with Gasteiger partial charge in [0.05, 0.1) is 11.4 Å². The Morgan fingerprint density at radius 1 is 0.913 bits per heavy atom. The number of aryl methyl sites for hydroxylation is 2. The quantitative estimate of drug-likeness (QED) is 0.901. The lowest BCUT2D eigenvalue weighted by atomic mass is 10.4. The predicted molar refractivity (Wildman–Crippen MR) is 86.9 cm³/mol. The van der Waals surface area contributed by atoms with Gasteiger partial charge < -0.3 is 5.32 Å². The number of hydrogen-bond acceptors (Lipinski definition) is 6. The van der Waals surface area contributed by atoms with E-state index in [1.807, 2.05) is 6.92 Å². The van der Waals surface area contributed by atoms with Crippen LogP contribution in [-0.4, -0.2) is 38.8 Å². The number of carbonyl (C=O) groups excluding carboxylic acids is 2. The molecule has 0 aliphatic carbocycles. The molecule has 0 radical (unpaired) electrons. The summed E-state index contributed by atoms with van der Waals surface area (Å²) < 4.78 is 0. The summed E-state index contributed by atoms with van der Waals surface area (Å²) in [5.41, 5.74) is 1.48. The van der Waals surface area contributed by atoms with Crippen LogP contribution < -0.4 is 10.2 Å². The van der Waals surface area contributed by atoms with Crippen molar-refractivity contribution in [2.75, 3.05) is 17.3 Å². The molecule has 122 valence electrons. The van der Waals surface area contributed by atoms with Crippen molar-refractivity contribution in [2.45, 2.75) is 27.7 Å². The first kappa shape index (κ1) is 18.1. The first-order chi connectivity index (χ1) is 10.8. The van der Waals surface area contributed by atoms with Crippen LogP contribution in [0.2, 0.25) is 0 Å². The summed E-state index contributed by atoms with van der Waals surface area (Å²) >= 11 is 0. The highest BCUT2D eigenvalue weighted by molar-refractivity contribution is 5.90. The van der Waals surface area contributed by atoms with Crippen molar-refractivity contribution >= 4 is 23.5 Å². The minimum atomic E-state index is -0.131. The van der Waals surface area contributed by atoms with Crippen LogP contribution in [0.4, 0.5) is 11.6 Å². The first-order valence-corrected chi connectivity index (χ1v) is 6.90. The molecule has 8 nitrogen and oxygen atoms in total. The molecule has 2 heterocycles. The van der Waals surface area contributed by atoms with E-state index in [9.17, 15) is 9.59 Å². The van der Waals surface area contributed by atoms with E-state index in [2.05, 4.69) is 25.3 Å². The Labute approximate surface area is 135 Å². The van der Waals surface area contributed by atoms with Gasteiger partial charge in [-0.05, 0) is 13.8 Å². The zero-order chi connectivity index (χ0) is 17.4. The van der Waals surface area contributed by atoms with Gasteiger partial charge in [0.15, 0.2) is 11.6 Å². The molecule has 0 bridgehead atoms. The second-order valence-electron chi connectivity index (χ2n) is 4.71. The van der Waals surface area contributed by atoms with Gasteiger partial charge in [-0.3, -0.25) is 24.5 Å². The summed E-state index contributed by atoms with van der Waals surface area (Å²) in [4.78, 5) is 39.0. The number of hydrogen-bond donors (Lipinski definition) is 1. The van der Waals surface area contributed by atoms with Crippen LogP contribution in [0.1, 0.15) is 25.2 Å². The van der Waals surface area contributed by atoms with Crippen molar-refractivity contribution in [3.63, 3.8) is 0 Å². The summed E-state index contributed by atoms with van der Waals surface area (Å²) in [5.74, 6) is 0.970. The molecular formula is C15H20N6O2. The SMILES string of the molecule is CC(=O)N(C)c1nccnc1C.CC(=O)Nc1nccnc1C. The molecule has 23 heavy (non-hydrogen) atoms. The summed E-state index contributed by atoms with van der Waals surface area (Å²) in [6, 6.07) is 0. The maximum Gasteiger partial charge on any atom is 0.224 e. The lowest BCUT2D eigenvalue weighted by molar-refractivity contribution is -0.116. The zero-order valence-corrected chi connectivity index (χ0v) is 13.9. The third-order valence-corrected chi connectivity index (χ3v) is 2.82. The van der Waals surface area contributed by atoms with Gasteiger partial charge in [-0.1, -0.05) is 0 Å². The Morgan fingerprint density at radius 3 is 1.91 bits per heavy atom. The van der Waals surface area contributed by atoms with Gasteiger partial charge in [0.1, 0.15) is 0 Å². The Kier molecular flexibility index (Phi) is 6.72. The van der Waals surface area contributed by atoms with Gasteiger partial charge in [-0.15, -0.1) is 0 Å². The predicted octanol–water partition coefficient (Wildman–Crippen LogP) is 1.51. The van der Waals surface area contributed by atoms with E-state index in [-0.39, 0.29) is 11.8 Å². The van der Waals surface area contributed by atoms with Crippen LogP contribution >= 0.6 is 0 Å². The smallest absolute Gasteiger partial charge is 0.224 e. The molecule has 0 spiro atoms. The normalized spacial score (nSPS) is 9.43. The largest absolute Gasteiger partial charge is 0.309 e.